The summed E-state index contributed by atoms with van der Waals surface area (Å²) in [6.07, 6.45) is 0. The molecule has 2 heterocycles. The van der Waals surface area contributed by atoms with E-state index in [1.165, 1.54) is 4.31 Å². The van der Waals surface area contributed by atoms with Crippen LogP contribution in [0.15, 0.2) is 33.7 Å². The van der Waals surface area contributed by atoms with E-state index in [1.54, 1.807) is 24.0 Å². The van der Waals surface area contributed by atoms with Crippen molar-refractivity contribution in [3.8, 4) is 0 Å². The van der Waals surface area contributed by atoms with Crippen LogP contribution in [-0.2, 0) is 14.8 Å². The number of piperazine rings is 1. The fourth-order valence-electron chi connectivity index (χ4n) is 3.83. The Morgan fingerprint density at radius 1 is 1.03 bits per heavy atom. The molecule has 1 aliphatic rings. The Kier molecular flexibility index (Phi) is 6.14. The Balaban J connectivity index is 1.67. The van der Waals surface area contributed by atoms with Gasteiger partial charge in [-0.15, -0.1) is 0 Å². The van der Waals surface area contributed by atoms with Crippen molar-refractivity contribution in [1.82, 2.24) is 14.4 Å². The maximum absolute atomic E-state index is 13.0. The van der Waals surface area contributed by atoms with E-state index >= 15 is 0 Å². The summed E-state index contributed by atoms with van der Waals surface area (Å²) in [5, 5.41) is 3.93. The van der Waals surface area contributed by atoms with Crippen molar-refractivity contribution < 1.29 is 17.7 Å². The summed E-state index contributed by atoms with van der Waals surface area (Å²) in [4.78, 5) is 14.9. The number of hydrogen-bond acceptors (Lipinski definition) is 5. The van der Waals surface area contributed by atoms with E-state index in [1.807, 2.05) is 26.0 Å². The topological polar surface area (TPSA) is 83.7 Å². The standard InChI is InChI=1S/C21H29N3O4S/c1-14(2)18-6-8-19(9-7-18)29(26,27)24-12-10-23(11-13-24)21(25)15(3)20-16(4)22-28-17(20)5/h6-9,14-15H,10-13H2,1-5H3. The van der Waals surface area contributed by atoms with Crippen molar-refractivity contribution in [3.63, 3.8) is 0 Å². The van der Waals surface area contributed by atoms with Crippen LogP contribution in [0.4, 0.5) is 0 Å². The number of carbonyl (C=O) groups excluding carboxylic acids is 1. The van der Waals surface area contributed by atoms with E-state index in [9.17, 15) is 13.2 Å². The fourth-order valence-corrected chi connectivity index (χ4v) is 5.25. The minimum atomic E-state index is -3.56. The van der Waals surface area contributed by atoms with Crippen LogP contribution < -0.4 is 0 Å². The van der Waals surface area contributed by atoms with Gasteiger partial charge in [0.1, 0.15) is 5.76 Å². The smallest absolute Gasteiger partial charge is 0.243 e. The summed E-state index contributed by atoms with van der Waals surface area (Å²) in [5.74, 6) is 0.598. The predicted molar refractivity (Wildman–Crippen MR) is 110 cm³/mol. The van der Waals surface area contributed by atoms with Gasteiger partial charge in [0.25, 0.3) is 0 Å². The zero-order chi connectivity index (χ0) is 21.3. The van der Waals surface area contributed by atoms with Gasteiger partial charge in [0.15, 0.2) is 0 Å². The molecule has 8 heteroatoms. The van der Waals surface area contributed by atoms with E-state index in [2.05, 4.69) is 19.0 Å². The number of aryl methyl sites for hydroxylation is 2. The Morgan fingerprint density at radius 2 is 1.62 bits per heavy atom. The van der Waals surface area contributed by atoms with Gasteiger partial charge >= 0.3 is 0 Å². The van der Waals surface area contributed by atoms with Crippen LogP contribution in [0, 0.1) is 13.8 Å². The molecule has 0 saturated carbocycles. The second-order valence-electron chi connectivity index (χ2n) is 7.91. The van der Waals surface area contributed by atoms with E-state index in [4.69, 9.17) is 4.52 Å². The number of carbonyl (C=O) groups is 1. The van der Waals surface area contributed by atoms with Crippen LogP contribution in [0.5, 0.6) is 0 Å². The maximum atomic E-state index is 13.0. The lowest BCUT2D eigenvalue weighted by molar-refractivity contribution is -0.133. The zero-order valence-corrected chi connectivity index (χ0v) is 18.5. The zero-order valence-electron chi connectivity index (χ0n) is 17.7. The largest absolute Gasteiger partial charge is 0.361 e. The molecule has 1 fully saturated rings. The lowest BCUT2D eigenvalue weighted by atomic mass is 9.98. The molecule has 1 aromatic carbocycles. The van der Waals surface area contributed by atoms with Gasteiger partial charge in [0.05, 0.1) is 16.5 Å². The van der Waals surface area contributed by atoms with Crippen molar-refractivity contribution >= 4 is 15.9 Å². The summed E-state index contributed by atoms with van der Waals surface area (Å²) in [5.41, 5.74) is 2.64. The molecule has 158 valence electrons. The summed E-state index contributed by atoms with van der Waals surface area (Å²) in [7, 11) is -3.56. The molecule has 3 rings (SSSR count). The van der Waals surface area contributed by atoms with Gasteiger partial charge in [-0.3, -0.25) is 4.79 Å². The minimum absolute atomic E-state index is 0.0299. The molecule has 0 N–H and O–H groups in total. The lowest BCUT2D eigenvalue weighted by Crippen LogP contribution is -2.51. The van der Waals surface area contributed by atoms with Gasteiger partial charge in [-0.25, -0.2) is 8.42 Å². The van der Waals surface area contributed by atoms with Gasteiger partial charge < -0.3 is 9.42 Å². The molecule has 1 saturated heterocycles. The van der Waals surface area contributed by atoms with E-state index in [0.29, 0.717) is 29.7 Å². The van der Waals surface area contributed by atoms with Crippen LogP contribution in [0.25, 0.3) is 0 Å². The quantitative estimate of drug-likeness (QED) is 0.744. The molecule has 0 bridgehead atoms. The van der Waals surface area contributed by atoms with Crippen molar-refractivity contribution in [2.45, 2.75) is 51.3 Å². The van der Waals surface area contributed by atoms with Crippen molar-refractivity contribution in [3.05, 3.63) is 46.8 Å². The average molecular weight is 420 g/mol. The molecular weight excluding hydrogens is 390 g/mol. The highest BCUT2D eigenvalue weighted by Gasteiger charge is 2.33. The minimum Gasteiger partial charge on any atom is -0.361 e. The summed E-state index contributed by atoms with van der Waals surface area (Å²) < 4.78 is 32.6. The first-order valence-electron chi connectivity index (χ1n) is 9.94. The average Bonchev–Trinajstić information content (AvgIpc) is 3.05. The monoisotopic (exact) mass is 419 g/mol. The SMILES string of the molecule is Cc1noc(C)c1C(C)C(=O)N1CCN(S(=O)(=O)c2ccc(C(C)C)cc2)CC1. The molecule has 29 heavy (non-hydrogen) atoms. The molecule has 1 unspecified atom stereocenters. The molecule has 1 aromatic heterocycles. The number of amides is 1. The highest BCUT2D eigenvalue weighted by atomic mass is 32.2. The number of hydrogen-bond donors (Lipinski definition) is 0. The number of nitrogens with zero attached hydrogens (tertiary/aromatic N) is 3. The first kappa shape index (κ1) is 21.5. The molecule has 1 aliphatic heterocycles. The van der Waals surface area contributed by atoms with Crippen LogP contribution in [0.1, 0.15) is 55.2 Å². The first-order chi connectivity index (χ1) is 13.6. The van der Waals surface area contributed by atoms with Gasteiger partial charge in [-0.2, -0.15) is 4.31 Å². The normalized spacial score (nSPS) is 17.0. The maximum Gasteiger partial charge on any atom is 0.243 e. The van der Waals surface area contributed by atoms with Crippen LogP contribution in [0.3, 0.4) is 0 Å². The summed E-state index contributed by atoms with van der Waals surface area (Å²) >= 11 is 0. The van der Waals surface area contributed by atoms with Gasteiger partial charge in [-0.1, -0.05) is 31.1 Å². The van der Waals surface area contributed by atoms with Crippen LogP contribution in [0.2, 0.25) is 0 Å². The van der Waals surface area contributed by atoms with Gasteiger partial charge in [0.2, 0.25) is 15.9 Å². The molecule has 0 aliphatic carbocycles. The molecule has 0 radical (unpaired) electrons. The summed E-state index contributed by atoms with van der Waals surface area (Å²) in [6.45, 7) is 10.9. The van der Waals surface area contributed by atoms with Crippen LogP contribution >= 0.6 is 0 Å². The third-order valence-corrected chi connectivity index (χ3v) is 7.54. The Morgan fingerprint density at radius 3 is 2.10 bits per heavy atom. The van der Waals surface area contributed by atoms with Gasteiger partial charge in [0, 0.05) is 31.7 Å². The van der Waals surface area contributed by atoms with Crippen LogP contribution in [-0.4, -0.2) is 54.9 Å². The van der Waals surface area contributed by atoms with Crippen molar-refractivity contribution in [2.75, 3.05) is 26.2 Å². The highest BCUT2D eigenvalue weighted by Crippen LogP contribution is 2.26. The molecular formula is C21H29N3O4S. The molecule has 7 nitrogen and oxygen atoms in total. The fraction of sp³-hybridized carbons (Fsp3) is 0.524. The van der Waals surface area contributed by atoms with Gasteiger partial charge in [-0.05, 0) is 44.4 Å². The molecule has 1 amide bonds. The van der Waals surface area contributed by atoms with E-state index in [0.717, 1.165) is 16.8 Å². The third kappa shape index (κ3) is 4.23. The summed E-state index contributed by atoms with van der Waals surface area (Å²) in [6, 6.07) is 7.06. The molecule has 1 atom stereocenters. The van der Waals surface area contributed by atoms with E-state index in [-0.39, 0.29) is 24.9 Å². The Bertz CT molecular complexity index is 952. The third-order valence-electron chi connectivity index (χ3n) is 5.63. The number of sulfonamides is 1. The highest BCUT2D eigenvalue weighted by molar-refractivity contribution is 7.89. The van der Waals surface area contributed by atoms with E-state index < -0.39 is 10.0 Å². The first-order valence-corrected chi connectivity index (χ1v) is 11.4. The second kappa shape index (κ2) is 8.28. The predicted octanol–water partition coefficient (Wildman–Crippen LogP) is 3.05. The lowest BCUT2D eigenvalue weighted by Gasteiger charge is -2.35. The Hall–Kier alpha value is -2.19. The molecule has 0 spiro atoms. The van der Waals surface area contributed by atoms with Crippen molar-refractivity contribution in [2.24, 2.45) is 0 Å². The number of rotatable bonds is 5. The molecule has 2 aromatic rings. The number of benzene rings is 1. The second-order valence-corrected chi connectivity index (χ2v) is 9.85. The Labute approximate surface area is 172 Å². The number of aromatic nitrogens is 1. The van der Waals surface area contributed by atoms with Crippen molar-refractivity contribution in [1.29, 1.82) is 0 Å².